The molecule has 4 atom stereocenters. The van der Waals surface area contributed by atoms with Gasteiger partial charge >= 0.3 is 0 Å². The van der Waals surface area contributed by atoms with Crippen LogP contribution in [0.1, 0.15) is 11.8 Å². The summed E-state index contributed by atoms with van der Waals surface area (Å²) in [5.41, 5.74) is 6.36. The highest BCUT2D eigenvalue weighted by atomic mass is 16.6. The minimum Gasteiger partial charge on any atom is -0.409 e. The maximum atomic E-state index is 10.1. The van der Waals surface area contributed by atoms with Crippen molar-refractivity contribution in [3.63, 3.8) is 0 Å². The number of nitrogens with zero attached hydrogens (tertiary/aromatic N) is 4. The molecule has 10 heteroatoms. The summed E-state index contributed by atoms with van der Waals surface area (Å²) in [6.45, 7) is -0.435. The fraction of sp³-hybridized carbons (Fsp3) is 0.417. The molecule has 10 nitrogen and oxygen atoms in total. The first-order valence-corrected chi connectivity index (χ1v) is 6.49. The first-order chi connectivity index (χ1) is 10.6. The summed E-state index contributed by atoms with van der Waals surface area (Å²) in [6.07, 6.45) is -0.112. The second kappa shape index (κ2) is 5.50. The van der Waals surface area contributed by atoms with Crippen LogP contribution in [0.2, 0.25) is 0 Å². The first kappa shape index (κ1) is 14.7. The van der Waals surface area contributed by atoms with Gasteiger partial charge in [-0.05, 0) is 0 Å². The second-order valence-electron chi connectivity index (χ2n) is 4.92. The molecule has 1 aliphatic rings. The molecule has 1 saturated heterocycles. The van der Waals surface area contributed by atoms with Gasteiger partial charge in [0.05, 0.1) is 6.61 Å². The van der Waals surface area contributed by atoms with E-state index in [0.29, 0.717) is 16.6 Å². The zero-order valence-corrected chi connectivity index (χ0v) is 11.3. The van der Waals surface area contributed by atoms with E-state index in [-0.39, 0.29) is 5.84 Å². The van der Waals surface area contributed by atoms with Gasteiger partial charge in [-0.15, -0.1) is 0 Å². The van der Waals surface area contributed by atoms with Gasteiger partial charge in [-0.25, -0.2) is 9.97 Å². The lowest BCUT2D eigenvalue weighted by Gasteiger charge is -2.17. The monoisotopic (exact) mass is 309 g/mol. The van der Waals surface area contributed by atoms with Crippen molar-refractivity contribution in [3.05, 3.63) is 24.3 Å². The van der Waals surface area contributed by atoms with Crippen LogP contribution in [-0.4, -0.2) is 65.8 Å². The van der Waals surface area contributed by atoms with E-state index >= 15 is 0 Å². The molecule has 0 radical (unpaired) electrons. The maximum absolute atomic E-state index is 10.1. The molecular weight excluding hydrogens is 294 g/mol. The zero-order chi connectivity index (χ0) is 15.9. The van der Waals surface area contributed by atoms with Crippen LogP contribution in [0.15, 0.2) is 23.9 Å². The van der Waals surface area contributed by atoms with Crippen molar-refractivity contribution in [1.82, 2.24) is 14.5 Å². The lowest BCUT2D eigenvalue weighted by Crippen LogP contribution is -2.33. The molecule has 1 aliphatic heterocycles. The number of aliphatic hydroxyl groups excluding tert-OH is 3. The van der Waals surface area contributed by atoms with Crippen molar-refractivity contribution >= 4 is 16.9 Å². The lowest BCUT2D eigenvalue weighted by atomic mass is 10.1. The Hall–Kier alpha value is -2.27. The number of oxime groups is 1. The van der Waals surface area contributed by atoms with E-state index < -0.39 is 31.1 Å². The van der Waals surface area contributed by atoms with Crippen LogP contribution in [0.4, 0.5) is 0 Å². The van der Waals surface area contributed by atoms with Crippen molar-refractivity contribution in [2.24, 2.45) is 10.9 Å². The van der Waals surface area contributed by atoms with Gasteiger partial charge in [0.15, 0.2) is 12.1 Å². The highest BCUT2D eigenvalue weighted by molar-refractivity contribution is 6.07. The Morgan fingerprint density at radius 1 is 1.41 bits per heavy atom. The molecular formula is C12H15N5O5. The summed E-state index contributed by atoms with van der Waals surface area (Å²) in [5, 5.41) is 41.4. The number of ether oxygens (including phenoxy) is 1. The van der Waals surface area contributed by atoms with Crippen LogP contribution in [-0.2, 0) is 4.74 Å². The number of fused-ring (bicyclic) bond motifs is 1. The van der Waals surface area contributed by atoms with Gasteiger partial charge < -0.3 is 35.6 Å². The summed E-state index contributed by atoms with van der Waals surface area (Å²) in [7, 11) is 0. The van der Waals surface area contributed by atoms with Crippen LogP contribution in [0.5, 0.6) is 0 Å². The van der Waals surface area contributed by atoms with Crippen molar-refractivity contribution in [3.8, 4) is 0 Å². The predicted octanol–water partition coefficient (Wildman–Crippen LogP) is -1.86. The maximum Gasteiger partial charge on any atom is 0.172 e. The molecule has 2 aromatic rings. The van der Waals surface area contributed by atoms with Crippen LogP contribution in [0.25, 0.3) is 11.0 Å². The topological polar surface area (TPSA) is 159 Å². The van der Waals surface area contributed by atoms with E-state index in [1.54, 1.807) is 0 Å². The Bertz CT molecular complexity index is 717. The van der Waals surface area contributed by atoms with Gasteiger partial charge in [-0.2, -0.15) is 0 Å². The van der Waals surface area contributed by atoms with E-state index in [9.17, 15) is 10.2 Å². The lowest BCUT2D eigenvalue weighted by molar-refractivity contribution is -0.0508. The van der Waals surface area contributed by atoms with E-state index in [1.165, 1.54) is 23.3 Å². The molecule has 6 N–H and O–H groups in total. The highest BCUT2D eigenvalue weighted by Gasteiger charge is 2.44. The minimum atomic E-state index is -1.26. The summed E-state index contributed by atoms with van der Waals surface area (Å²) >= 11 is 0. The number of amidine groups is 1. The van der Waals surface area contributed by atoms with E-state index in [4.69, 9.17) is 20.8 Å². The third kappa shape index (κ3) is 2.09. The van der Waals surface area contributed by atoms with Crippen molar-refractivity contribution in [2.45, 2.75) is 24.5 Å². The van der Waals surface area contributed by atoms with Gasteiger partial charge in [0.1, 0.15) is 30.3 Å². The second-order valence-corrected chi connectivity index (χ2v) is 4.92. The normalized spacial score (nSPS) is 29.3. The van der Waals surface area contributed by atoms with E-state index in [2.05, 4.69) is 15.1 Å². The molecule has 0 spiro atoms. The summed E-state index contributed by atoms with van der Waals surface area (Å²) < 4.78 is 6.92. The molecule has 118 valence electrons. The molecule has 1 fully saturated rings. The smallest absolute Gasteiger partial charge is 0.172 e. The molecule has 22 heavy (non-hydrogen) atoms. The number of aromatic nitrogens is 3. The summed E-state index contributed by atoms with van der Waals surface area (Å²) in [5.74, 6) is -0.148. The Balaban J connectivity index is 2.12. The number of hydrogen-bond acceptors (Lipinski definition) is 8. The van der Waals surface area contributed by atoms with Gasteiger partial charge in [0.2, 0.25) is 0 Å². The first-order valence-electron chi connectivity index (χ1n) is 6.49. The fourth-order valence-electron chi connectivity index (χ4n) is 2.55. The van der Waals surface area contributed by atoms with Crippen LogP contribution >= 0.6 is 0 Å². The summed E-state index contributed by atoms with van der Waals surface area (Å²) in [4.78, 5) is 7.98. The van der Waals surface area contributed by atoms with E-state index in [0.717, 1.165) is 0 Å². The zero-order valence-electron chi connectivity index (χ0n) is 11.3. The van der Waals surface area contributed by atoms with Gasteiger partial charge in [0, 0.05) is 23.3 Å². The Labute approximate surface area is 124 Å². The molecule has 3 heterocycles. The molecule has 3 rings (SSSR count). The quantitative estimate of drug-likeness (QED) is 0.191. The molecule has 0 aliphatic carbocycles. The van der Waals surface area contributed by atoms with Gasteiger partial charge in [-0.3, -0.25) is 0 Å². The van der Waals surface area contributed by atoms with Crippen molar-refractivity contribution in [1.29, 1.82) is 0 Å². The average molecular weight is 309 g/mol. The molecule has 0 aromatic carbocycles. The fourth-order valence-corrected chi connectivity index (χ4v) is 2.55. The molecule has 0 bridgehead atoms. The average Bonchev–Trinajstić information content (AvgIpc) is 3.06. The predicted molar refractivity (Wildman–Crippen MR) is 73.0 cm³/mol. The highest BCUT2D eigenvalue weighted by Crippen LogP contribution is 2.32. The standard InChI is InChI=1S/C12H15N5O5/c13-10(16-21)6-2-17(11-5(6)1-14-4-15-11)12-9(20)8(19)7(3-18)22-12/h1-2,4,7-9,12,18-21H,3H2,(H2,13,16). The minimum absolute atomic E-state index is 0.148. The van der Waals surface area contributed by atoms with Crippen LogP contribution < -0.4 is 5.73 Å². The summed E-state index contributed by atoms with van der Waals surface area (Å²) in [6, 6.07) is 0. The van der Waals surface area contributed by atoms with E-state index in [1.807, 2.05) is 0 Å². The third-order valence-electron chi connectivity index (χ3n) is 3.67. The number of hydrogen-bond donors (Lipinski definition) is 5. The van der Waals surface area contributed by atoms with Crippen LogP contribution in [0.3, 0.4) is 0 Å². The van der Waals surface area contributed by atoms with Crippen molar-refractivity contribution < 1.29 is 25.3 Å². The molecule has 4 unspecified atom stereocenters. The van der Waals surface area contributed by atoms with Crippen molar-refractivity contribution in [2.75, 3.05) is 6.61 Å². The largest absolute Gasteiger partial charge is 0.409 e. The SMILES string of the molecule is N/C(=N\O)c1cn(C2OC(CO)C(O)C2O)c2ncncc12. The molecule has 0 saturated carbocycles. The molecule has 0 amide bonds. The molecule has 2 aromatic heterocycles. The Morgan fingerprint density at radius 2 is 2.18 bits per heavy atom. The van der Waals surface area contributed by atoms with Gasteiger partial charge in [0.25, 0.3) is 0 Å². The number of nitrogens with two attached hydrogens (primary N) is 1. The van der Waals surface area contributed by atoms with Crippen LogP contribution in [0, 0.1) is 0 Å². The number of rotatable bonds is 3. The Kier molecular flexibility index (Phi) is 3.66. The Morgan fingerprint density at radius 3 is 2.82 bits per heavy atom. The number of aliphatic hydroxyl groups is 3. The van der Waals surface area contributed by atoms with Gasteiger partial charge in [-0.1, -0.05) is 5.16 Å². The third-order valence-corrected chi connectivity index (χ3v) is 3.67.